The van der Waals surface area contributed by atoms with E-state index in [9.17, 15) is 9.70 Å². The number of benzene rings is 1. The van der Waals surface area contributed by atoms with Crippen molar-refractivity contribution < 1.29 is 9.53 Å². The highest BCUT2D eigenvalue weighted by Gasteiger charge is 2.28. The van der Waals surface area contributed by atoms with Crippen LogP contribution in [0, 0.1) is 10.8 Å². The Kier molecular flexibility index (Phi) is 7.20. The fourth-order valence-electron chi connectivity index (χ4n) is 2.92. The lowest BCUT2D eigenvalue weighted by Crippen LogP contribution is -2.22. The molecule has 1 saturated heterocycles. The van der Waals surface area contributed by atoms with Crippen LogP contribution in [0.4, 0.5) is 0 Å². The maximum absolute atomic E-state index is 11.3. The molecular weight excluding hydrogens is 292 g/mol. The average molecular weight is 318 g/mol. The predicted molar refractivity (Wildman–Crippen MR) is 90.3 cm³/mol. The molecule has 2 rings (SSSR count). The minimum Gasteiger partial charge on any atom is -0.494 e. The van der Waals surface area contributed by atoms with Crippen LogP contribution in [0.2, 0.25) is 0 Å². The highest BCUT2D eigenvalue weighted by atomic mass is 16.5. The standard InChI is InChI=1S/C18H26N2O3/c1-2-3-4-5-12-23-17-8-6-15(7-9-17)13-20-11-10-16(14-20)18(21)19-22/h6-9,16H,2-5,10-14H2,1H3. The SMILES string of the molecule is CCCCCCOc1ccc(CN2CCC(C(=O)N=O)C2)cc1. The van der Waals surface area contributed by atoms with Gasteiger partial charge in [-0.05, 0) is 37.1 Å². The summed E-state index contributed by atoms with van der Waals surface area (Å²) in [5, 5.41) is 2.54. The maximum atomic E-state index is 11.3. The van der Waals surface area contributed by atoms with Gasteiger partial charge in [0.15, 0.2) is 0 Å². The second kappa shape index (κ2) is 9.40. The summed E-state index contributed by atoms with van der Waals surface area (Å²) < 4.78 is 5.74. The smallest absolute Gasteiger partial charge is 0.290 e. The zero-order chi connectivity index (χ0) is 16.5. The van der Waals surface area contributed by atoms with Gasteiger partial charge in [-0.3, -0.25) is 9.69 Å². The third-order valence-electron chi connectivity index (χ3n) is 4.31. The molecule has 1 aliphatic heterocycles. The molecule has 0 bridgehead atoms. The molecule has 0 spiro atoms. The van der Waals surface area contributed by atoms with Gasteiger partial charge >= 0.3 is 0 Å². The predicted octanol–water partition coefficient (Wildman–Crippen LogP) is 3.76. The first-order valence-corrected chi connectivity index (χ1v) is 8.54. The summed E-state index contributed by atoms with van der Waals surface area (Å²) in [5.74, 6) is 0.169. The maximum Gasteiger partial charge on any atom is 0.290 e. The minimum atomic E-state index is -0.515. The molecule has 1 heterocycles. The molecule has 5 heteroatoms. The first-order valence-electron chi connectivity index (χ1n) is 8.54. The van der Waals surface area contributed by atoms with Gasteiger partial charge in [0.2, 0.25) is 0 Å². The van der Waals surface area contributed by atoms with Crippen LogP contribution < -0.4 is 4.74 Å². The Hall–Kier alpha value is -1.75. The van der Waals surface area contributed by atoms with Gasteiger partial charge in [-0.1, -0.05) is 38.3 Å². The molecule has 23 heavy (non-hydrogen) atoms. The lowest BCUT2D eigenvalue weighted by Gasteiger charge is -2.15. The van der Waals surface area contributed by atoms with Crippen molar-refractivity contribution in [2.24, 2.45) is 11.1 Å². The van der Waals surface area contributed by atoms with Gasteiger partial charge in [0, 0.05) is 18.3 Å². The van der Waals surface area contributed by atoms with E-state index < -0.39 is 5.91 Å². The normalized spacial score (nSPS) is 18.0. The van der Waals surface area contributed by atoms with Crippen molar-refractivity contribution in [3.05, 3.63) is 34.7 Å². The zero-order valence-electron chi connectivity index (χ0n) is 13.9. The van der Waals surface area contributed by atoms with Crippen molar-refractivity contribution in [3.8, 4) is 5.75 Å². The molecule has 1 unspecified atom stereocenters. The molecule has 1 aliphatic rings. The lowest BCUT2D eigenvalue weighted by molar-refractivity contribution is -0.121. The van der Waals surface area contributed by atoms with Crippen molar-refractivity contribution in [2.75, 3.05) is 19.7 Å². The van der Waals surface area contributed by atoms with Crippen LogP contribution in [0.3, 0.4) is 0 Å². The van der Waals surface area contributed by atoms with Crippen LogP contribution in [-0.2, 0) is 11.3 Å². The summed E-state index contributed by atoms with van der Waals surface area (Å²) >= 11 is 0. The number of hydrogen-bond acceptors (Lipinski definition) is 4. The molecule has 1 amide bonds. The fourth-order valence-corrected chi connectivity index (χ4v) is 2.92. The van der Waals surface area contributed by atoms with Crippen LogP contribution in [0.1, 0.15) is 44.6 Å². The summed E-state index contributed by atoms with van der Waals surface area (Å²) in [6, 6.07) is 8.13. The monoisotopic (exact) mass is 318 g/mol. The Bertz CT molecular complexity index is 501. The zero-order valence-corrected chi connectivity index (χ0v) is 13.9. The van der Waals surface area contributed by atoms with E-state index in [0.717, 1.165) is 38.3 Å². The van der Waals surface area contributed by atoms with E-state index in [4.69, 9.17) is 4.74 Å². The van der Waals surface area contributed by atoms with Crippen LogP contribution in [-0.4, -0.2) is 30.5 Å². The Labute approximate surface area is 138 Å². The quantitative estimate of drug-likeness (QED) is 0.514. The molecule has 1 aromatic rings. The van der Waals surface area contributed by atoms with E-state index in [2.05, 4.69) is 29.1 Å². The highest BCUT2D eigenvalue weighted by Crippen LogP contribution is 2.21. The Morgan fingerprint density at radius 1 is 1.26 bits per heavy atom. The lowest BCUT2D eigenvalue weighted by atomic mass is 10.1. The first kappa shape index (κ1) is 17.6. The van der Waals surface area contributed by atoms with Crippen molar-refractivity contribution in [3.63, 3.8) is 0 Å². The van der Waals surface area contributed by atoms with Crippen LogP contribution >= 0.6 is 0 Å². The van der Waals surface area contributed by atoms with Gasteiger partial charge in [-0.2, -0.15) is 0 Å². The number of carbonyl (C=O) groups is 1. The van der Waals surface area contributed by atoms with Gasteiger partial charge in [0.05, 0.1) is 12.5 Å². The van der Waals surface area contributed by atoms with Gasteiger partial charge < -0.3 is 4.74 Å². The van der Waals surface area contributed by atoms with Crippen molar-refractivity contribution >= 4 is 5.91 Å². The van der Waals surface area contributed by atoms with Crippen molar-refractivity contribution in [2.45, 2.75) is 45.6 Å². The Morgan fingerprint density at radius 2 is 2.04 bits per heavy atom. The summed E-state index contributed by atoms with van der Waals surface area (Å²) in [6.07, 6.45) is 5.55. The summed E-state index contributed by atoms with van der Waals surface area (Å²) in [4.78, 5) is 23.8. The number of rotatable bonds is 9. The van der Waals surface area contributed by atoms with Crippen molar-refractivity contribution in [1.29, 1.82) is 0 Å². The highest BCUT2D eigenvalue weighted by molar-refractivity contribution is 5.79. The number of unbranched alkanes of at least 4 members (excludes halogenated alkanes) is 3. The fraction of sp³-hybridized carbons (Fsp3) is 0.611. The average Bonchev–Trinajstić information content (AvgIpc) is 3.04. The van der Waals surface area contributed by atoms with E-state index in [1.54, 1.807) is 0 Å². The van der Waals surface area contributed by atoms with Gasteiger partial charge in [0.25, 0.3) is 5.91 Å². The van der Waals surface area contributed by atoms with Crippen LogP contribution in [0.5, 0.6) is 5.75 Å². The van der Waals surface area contributed by atoms with E-state index in [1.165, 1.54) is 24.8 Å². The topological polar surface area (TPSA) is 59.0 Å². The molecule has 1 aromatic carbocycles. The molecule has 0 aromatic heterocycles. The van der Waals surface area contributed by atoms with Gasteiger partial charge in [0.1, 0.15) is 5.75 Å². The number of hydrogen-bond donors (Lipinski definition) is 0. The Balaban J connectivity index is 1.73. The Morgan fingerprint density at radius 3 is 2.74 bits per heavy atom. The molecule has 126 valence electrons. The molecule has 1 atom stereocenters. The molecule has 1 fully saturated rings. The number of ether oxygens (including phenoxy) is 1. The molecule has 0 N–H and O–H groups in total. The van der Waals surface area contributed by atoms with Crippen LogP contribution in [0.25, 0.3) is 0 Å². The van der Waals surface area contributed by atoms with Gasteiger partial charge in [-0.25, -0.2) is 0 Å². The number of likely N-dealkylation sites (tertiary alicyclic amines) is 1. The van der Waals surface area contributed by atoms with Gasteiger partial charge in [-0.15, -0.1) is 4.91 Å². The van der Waals surface area contributed by atoms with Crippen molar-refractivity contribution in [1.82, 2.24) is 4.90 Å². The summed E-state index contributed by atoms with van der Waals surface area (Å²) in [6.45, 7) is 5.22. The number of nitroso groups, excluding NO2 is 1. The molecule has 0 aliphatic carbocycles. The van der Waals surface area contributed by atoms with E-state index in [-0.39, 0.29) is 5.92 Å². The summed E-state index contributed by atoms with van der Waals surface area (Å²) in [7, 11) is 0. The molecule has 0 saturated carbocycles. The molecule has 5 nitrogen and oxygen atoms in total. The first-order chi connectivity index (χ1) is 11.2. The molecule has 0 radical (unpaired) electrons. The van der Waals surface area contributed by atoms with E-state index in [0.29, 0.717) is 6.54 Å². The third-order valence-corrected chi connectivity index (χ3v) is 4.31. The van der Waals surface area contributed by atoms with Crippen LogP contribution in [0.15, 0.2) is 29.4 Å². The third kappa shape index (κ3) is 5.75. The van der Waals surface area contributed by atoms with E-state index in [1.807, 2.05) is 12.1 Å². The van der Waals surface area contributed by atoms with E-state index >= 15 is 0 Å². The second-order valence-corrected chi connectivity index (χ2v) is 6.20. The minimum absolute atomic E-state index is 0.224. The summed E-state index contributed by atoms with van der Waals surface area (Å²) in [5.41, 5.74) is 1.19. The molecular formula is C18H26N2O3. The number of nitrogens with zero attached hydrogens (tertiary/aromatic N) is 2. The number of carbonyl (C=O) groups excluding carboxylic acids is 1. The number of amides is 1. The second-order valence-electron chi connectivity index (χ2n) is 6.20. The largest absolute Gasteiger partial charge is 0.494 e.